The lowest BCUT2D eigenvalue weighted by atomic mass is 10.3. The number of benzene rings is 2. The highest BCUT2D eigenvalue weighted by Gasteiger charge is 2.20. The second kappa shape index (κ2) is 5.75. The summed E-state index contributed by atoms with van der Waals surface area (Å²) in [5.74, 6) is -4.74. The summed E-state index contributed by atoms with van der Waals surface area (Å²) in [6, 6.07) is 4.72. The Hall–Kier alpha value is -1.44. The van der Waals surface area contributed by atoms with Gasteiger partial charge in [-0.1, -0.05) is 23.2 Å². The first-order valence-electron chi connectivity index (χ1n) is 5.33. The number of sulfonamides is 1. The van der Waals surface area contributed by atoms with Crippen molar-refractivity contribution in [3.63, 3.8) is 0 Å². The molecule has 2 aromatic carbocycles. The first kappa shape index (κ1) is 15.9. The zero-order valence-electron chi connectivity index (χ0n) is 10.0. The normalized spacial score (nSPS) is 11.5. The van der Waals surface area contributed by atoms with Crippen LogP contribution >= 0.6 is 23.2 Å². The van der Waals surface area contributed by atoms with Gasteiger partial charge < -0.3 is 0 Å². The predicted octanol–water partition coefficient (Wildman–Crippen LogP) is 4.21. The fourth-order valence-electron chi connectivity index (χ4n) is 1.51. The van der Waals surface area contributed by atoms with Crippen LogP contribution in [0.4, 0.5) is 18.9 Å². The molecule has 1 N–H and O–H groups in total. The lowest BCUT2D eigenvalue weighted by Crippen LogP contribution is -2.14. The number of rotatable bonds is 3. The maximum atomic E-state index is 13.1. The lowest BCUT2D eigenvalue weighted by molar-refractivity contribution is 0.448. The van der Waals surface area contributed by atoms with E-state index in [1.165, 1.54) is 12.1 Å². The molecule has 0 saturated heterocycles. The number of hydrogen-bond acceptors (Lipinski definition) is 2. The maximum Gasteiger partial charge on any atom is 0.263 e. The average molecular weight is 356 g/mol. The van der Waals surface area contributed by atoms with Gasteiger partial charge in [0.05, 0.1) is 10.7 Å². The van der Waals surface area contributed by atoms with E-state index < -0.39 is 33.2 Å². The Morgan fingerprint density at radius 2 is 1.52 bits per heavy atom. The number of anilines is 1. The summed E-state index contributed by atoms with van der Waals surface area (Å²) in [7, 11) is -4.24. The van der Waals surface area contributed by atoms with Crippen LogP contribution in [0.25, 0.3) is 0 Å². The van der Waals surface area contributed by atoms with Gasteiger partial charge in [0.2, 0.25) is 0 Å². The SMILES string of the molecule is O=S(=O)(Nc1cc(F)c(F)c(F)c1)c1cc(Cl)ccc1Cl. The molecule has 2 aromatic rings. The first-order chi connectivity index (χ1) is 9.70. The summed E-state index contributed by atoms with van der Waals surface area (Å²) in [4.78, 5) is -0.373. The Morgan fingerprint density at radius 1 is 0.952 bits per heavy atom. The third-order valence-electron chi connectivity index (χ3n) is 2.42. The summed E-state index contributed by atoms with van der Waals surface area (Å²) in [5.41, 5.74) is -0.484. The maximum absolute atomic E-state index is 13.1. The van der Waals surface area contributed by atoms with Crippen molar-refractivity contribution in [1.82, 2.24) is 0 Å². The molecule has 0 aliphatic heterocycles. The van der Waals surface area contributed by atoms with E-state index in [1.807, 2.05) is 4.72 Å². The molecule has 21 heavy (non-hydrogen) atoms. The number of halogens is 5. The molecule has 0 unspecified atom stereocenters. The Morgan fingerprint density at radius 3 is 2.10 bits per heavy atom. The van der Waals surface area contributed by atoms with E-state index in [0.717, 1.165) is 6.07 Å². The highest BCUT2D eigenvalue weighted by Crippen LogP contribution is 2.27. The minimum Gasteiger partial charge on any atom is -0.279 e. The van der Waals surface area contributed by atoms with E-state index in [9.17, 15) is 21.6 Å². The van der Waals surface area contributed by atoms with E-state index in [4.69, 9.17) is 23.2 Å². The van der Waals surface area contributed by atoms with Crippen molar-refractivity contribution in [1.29, 1.82) is 0 Å². The Bertz CT molecular complexity index is 789. The molecule has 0 heterocycles. The van der Waals surface area contributed by atoms with Crippen LogP contribution in [0.2, 0.25) is 10.0 Å². The third-order valence-corrected chi connectivity index (χ3v) is 4.52. The Labute approximate surface area is 128 Å². The van der Waals surface area contributed by atoms with E-state index in [0.29, 0.717) is 12.1 Å². The molecule has 2 rings (SSSR count). The van der Waals surface area contributed by atoms with E-state index >= 15 is 0 Å². The van der Waals surface area contributed by atoms with Crippen molar-refractivity contribution in [3.05, 3.63) is 57.8 Å². The Kier molecular flexibility index (Phi) is 4.36. The summed E-state index contributed by atoms with van der Waals surface area (Å²) >= 11 is 11.4. The molecule has 0 saturated carbocycles. The number of nitrogens with one attached hydrogen (secondary N) is 1. The van der Waals surface area contributed by atoms with Gasteiger partial charge in [0.15, 0.2) is 17.5 Å². The van der Waals surface area contributed by atoms with Crippen LogP contribution in [0.5, 0.6) is 0 Å². The predicted molar refractivity (Wildman–Crippen MR) is 73.6 cm³/mol. The van der Waals surface area contributed by atoms with Crippen molar-refractivity contribution in [3.8, 4) is 0 Å². The lowest BCUT2D eigenvalue weighted by Gasteiger charge is -2.10. The van der Waals surface area contributed by atoms with E-state index in [2.05, 4.69) is 0 Å². The highest BCUT2D eigenvalue weighted by atomic mass is 35.5. The van der Waals surface area contributed by atoms with Crippen molar-refractivity contribution in [2.75, 3.05) is 4.72 Å². The van der Waals surface area contributed by atoms with Gasteiger partial charge in [-0.25, -0.2) is 21.6 Å². The quantitative estimate of drug-likeness (QED) is 0.838. The van der Waals surface area contributed by atoms with Crippen LogP contribution in [-0.4, -0.2) is 8.42 Å². The van der Waals surface area contributed by atoms with Crippen LogP contribution in [0.3, 0.4) is 0 Å². The molecule has 0 bridgehead atoms. The van der Waals surface area contributed by atoms with Gasteiger partial charge in [0.25, 0.3) is 10.0 Å². The zero-order chi connectivity index (χ0) is 15.8. The Balaban J connectivity index is 2.45. The molecule has 0 aliphatic carbocycles. The molecule has 112 valence electrons. The second-order valence-corrected chi connectivity index (χ2v) is 6.43. The van der Waals surface area contributed by atoms with Gasteiger partial charge in [0.1, 0.15) is 4.90 Å². The second-order valence-electron chi connectivity index (χ2n) is 3.93. The molecule has 0 aliphatic rings. The van der Waals surface area contributed by atoms with Crippen LogP contribution in [0, 0.1) is 17.5 Å². The summed E-state index contributed by atoms with van der Waals surface area (Å²) in [6.07, 6.45) is 0. The molecule has 9 heteroatoms. The van der Waals surface area contributed by atoms with Crippen LogP contribution in [-0.2, 0) is 10.0 Å². The van der Waals surface area contributed by atoms with Gasteiger partial charge in [-0.15, -0.1) is 0 Å². The van der Waals surface area contributed by atoms with Crippen LogP contribution in [0.1, 0.15) is 0 Å². The van der Waals surface area contributed by atoms with E-state index in [1.54, 1.807) is 0 Å². The van der Waals surface area contributed by atoms with Crippen LogP contribution in [0.15, 0.2) is 35.2 Å². The molecular weight excluding hydrogens is 350 g/mol. The molecule has 0 radical (unpaired) electrons. The fourth-order valence-corrected chi connectivity index (χ4v) is 3.31. The van der Waals surface area contributed by atoms with Gasteiger partial charge in [-0.05, 0) is 18.2 Å². The van der Waals surface area contributed by atoms with Gasteiger partial charge in [0, 0.05) is 17.2 Å². The molecule has 3 nitrogen and oxygen atoms in total. The molecule has 0 spiro atoms. The standard InChI is InChI=1S/C12H6Cl2F3NO2S/c13-6-1-2-8(14)11(3-6)21(19,20)18-7-4-9(15)12(17)10(16)5-7/h1-5,18H. The van der Waals surface area contributed by atoms with Gasteiger partial charge >= 0.3 is 0 Å². The van der Waals surface area contributed by atoms with Crippen molar-refractivity contribution >= 4 is 38.9 Å². The van der Waals surface area contributed by atoms with Crippen molar-refractivity contribution in [2.45, 2.75) is 4.90 Å². The minimum absolute atomic E-state index is 0.108. The molecular formula is C12H6Cl2F3NO2S. The fraction of sp³-hybridized carbons (Fsp3) is 0. The van der Waals surface area contributed by atoms with Crippen molar-refractivity contribution in [2.24, 2.45) is 0 Å². The molecule has 0 atom stereocenters. The smallest absolute Gasteiger partial charge is 0.263 e. The average Bonchev–Trinajstić information content (AvgIpc) is 2.38. The monoisotopic (exact) mass is 355 g/mol. The molecule has 0 amide bonds. The summed E-state index contributed by atoms with van der Waals surface area (Å²) in [6.45, 7) is 0. The van der Waals surface area contributed by atoms with Crippen LogP contribution < -0.4 is 4.72 Å². The first-order valence-corrected chi connectivity index (χ1v) is 7.57. The highest BCUT2D eigenvalue weighted by molar-refractivity contribution is 7.92. The molecule has 0 aromatic heterocycles. The summed E-state index contributed by atoms with van der Waals surface area (Å²) < 4.78 is 65.0. The third kappa shape index (κ3) is 3.42. The largest absolute Gasteiger partial charge is 0.279 e. The van der Waals surface area contributed by atoms with Gasteiger partial charge in [-0.2, -0.15) is 0 Å². The molecule has 0 fully saturated rings. The zero-order valence-corrected chi connectivity index (χ0v) is 12.3. The van der Waals surface area contributed by atoms with E-state index in [-0.39, 0.29) is 14.9 Å². The van der Waals surface area contributed by atoms with Gasteiger partial charge in [-0.3, -0.25) is 4.72 Å². The topological polar surface area (TPSA) is 46.2 Å². The van der Waals surface area contributed by atoms with Crippen molar-refractivity contribution < 1.29 is 21.6 Å². The minimum atomic E-state index is -4.24. The summed E-state index contributed by atoms with van der Waals surface area (Å²) in [5, 5.41) is -0.0220. The number of hydrogen-bond donors (Lipinski definition) is 1.